The number of nitrogens with zero attached hydrogens (tertiary/aromatic N) is 1. The smallest absolute Gasteiger partial charge is 0.192 e. The summed E-state index contributed by atoms with van der Waals surface area (Å²) in [6, 6.07) is 0.242. The maximum atomic E-state index is 9.90. The quantitative estimate of drug-likeness (QED) is 0.754. The van der Waals surface area contributed by atoms with E-state index in [1.807, 2.05) is 5.06 Å². The topological polar surface area (TPSA) is 41.9 Å². The Labute approximate surface area is 137 Å². The van der Waals surface area contributed by atoms with E-state index in [-0.39, 0.29) is 17.2 Å². The summed E-state index contributed by atoms with van der Waals surface area (Å²) in [5.41, 5.74) is 0. The average Bonchev–Trinajstić information content (AvgIpc) is 2.90. The van der Waals surface area contributed by atoms with Crippen LogP contribution in [-0.4, -0.2) is 49.4 Å². The molecule has 130 valence electrons. The standard InChI is InChI=1S/C17H35NO3Si/c1-13(21-22(5,6)17(2,3)4)8-7-9-14-12-15-16(19)10-11-18(15)20-14/h13-16,19H,7-12H2,1-6H3/t13-,14+,15-,16+/m1/s1. The molecule has 0 aromatic heterocycles. The van der Waals surface area contributed by atoms with Crippen molar-refractivity contribution in [3.8, 4) is 0 Å². The second-order valence-electron chi connectivity index (χ2n) is 8.65. The van der Waals surface area contributed by atoms with Gasteiger partial charge >= 0.3 is 0 Å². The predicted molar refractivity (Wildman–Crippen MR) is 92.2 cm³/mol. The lowest BCUT2D eigenvalue weighted by Crippen LogP contribution is -2.43. The first kappa shape index (κ1) is 18.4. The third kappa shape index (κ3) is 4.32. The maximum absolute atomic E-state index is 9.90. The number of hydrogen-bond donors (Lipinski definition) is 1. The fraction of sp³-hybridized carbons (Fsp3) is 1.00. The van der Waals surface area contributed by atoms with E-state index in [2.05, 4.69) is 40.8 Å². The third-order valence-corrected chi connectivity index (χ3v) is 10.3. The average molecular weight is 330 g/mol. The molecule has 1 N–H and O–H groups in total. The summed E-state index contributed by atoms with van der Waals surface area (Å²) in [5, 5.41) is 12.2. The minimum atomic E-state index is -1.65. The lowest BCUT2D eigenvalue weighted by Gasteiger charge is -2.38. The van der Waals surface area contributed by atoms with Crippen molar-refractivity contribution in [3.63, 3.8) is 0 Å². The molecule has 0 spiro atoms. The van der Waals surface area contributed by atoms with Crippen LogP contribution in [0.15, 0.2) is 0 Å². The Morgan fingerprint density at radius 1 is 1.36 bits per heavy atom. The van der Waals surface area contributed by atoms with Crippen LogP contribution < -0.4 is 0 Å². The second-order valence-corrected chi connectivity index (χ2v) is 13.4. The van der Waals surface area contributed by atoms with Gasteiger partial charge in [-0.2, -0.15) is 5.06 Å². The molecule has 2 heterocycles. The molecule has 4 atom stereocenters. The molecular weight excluding hydrogens is 294 g/mol. The predicted octanol–water partition coefficient (Wildman–Crippen LogP) is 3.71. The van der Waals surface area contributed by atoms with Gasteiger partial charge in [-0.05, 0) is 57.2 Å². The van der Waals surface area contributed by atoms with Crippen molar-refractivity contribution in [1.29, 1.82) is 0 Å². The zero-order valence-corrected chi connectivity index (χ0v) is 16.3. The van der Waals surface area contributed by atoms with E-state index >= 15 is 0 Å². The minimum Gasteiger partial charge on any atom is -0.414 e. The number of hydroxylamine groups is 2. The minimum absolute atomic E-state index is 0.189. The Bertz CT molecular complexity index is 369. The van der Waals surface area contributed by atoms with Crippen LogP contribution in [0.5, 0.6) is 0 Å². The normalized spacial score (nSPS) is 31.5. The van der Waals surface area contributed by atoms with Gasteiger partial charge in [-0.3, -0.25) is 4.84 Å². The highest BCUT2D eigenvalue weighted by atomic mass is 28.4. The Balaban J connectivity index is 1.67. The Hall–Kier alpha value is 0.0569. The summed E-state index contributed by atoms with van der Waals surface area (Å²) in [7, 11) is -1.65. The second kappa shape index (κ2) is 6.89. The van der Waals surface area contributed by atoms with E-state index in [9.17, 15) is 5.11 Å². The van der Waals surface area contributed by atoms with Crippen LogP contribution in [0.1, 0.15) is 59.8 Å². The van der Waals surface area contributed by atoms with Crippen molar-refractivity contribution in [1.82, 2.24) is 5.06 Å². The van der Waals surface area contributed by atoms with Crippen molar-refractivity contribution in [2.75, 3.05) is 6.54 Å². The summed E-state index contributed by atoms with van der Waals surface area (Å²) < 4.78 is 6.41. The lowest BCUT2D eigenvalue weighted by atomic mass is 10.0. The Kier molecular flexibility index (Phi) is 5.76. The highest BCUT2D eigenvalue weighted by Crippen LogP contribution is 2.38. The maximum Gasteiger partial charge on any atom is 0.192 e. The fourth-order valence-electron chi connectivity index (χ4n) is 3.26. The molecule has 4 nitrogen and oxygen atoms in total. The van der Waals surface area contributed by atoms with Crippen LogP contribution in [0.4, 0.5) is 0 Å². The van der Waals surface area contributed by atoms with Gasteiger partial charge in [0.15, 0.2) is 8.32 Å². The summed E-state index contributed by atoms with van der Waals surface area (Å²) >= 11 is 0. The lowest BCUT2D eigenvalue weighted by molar-refractivity contribution is -0.153. The Morgan fingerprint density at radius 3 is 2.64 bits per heavy atom. The first-order valence-electron chi connectivity index (χ1n) is 8.89. The van der Waals surface area contributed by atoms with Gasteiger partial charge in [0.1, 0.15) is 0 Å². The van der Waals surface area contributed by atoms with E-state index in [4.69, 9.17) is 9.26 Å². The molecule has 0 aromatic rings. The van der Waals surface area contributed by atoms with Crippen LogP contribution in [0, 0.1) is 0 Å². The number of aliphatic hydroxyl groups is 1. The van der Waals surface area contributed by atoms with Crippen LogP contribution in [-0.2, 0) is 9.26 Å². The van der Waals surface area contributed by atoms with E-state index in [0.717, 1.165) is 38.6 Å². The zero-order chi connectivity index (χ0) is 16.5. The summed E-state index contributed by atoms with van der Waals surface area (Å²) in [4.78, 5) is 5.93. The number of aliphatic hydroxyl groups excluding tert-OH is 1. The molecule has 5 heteroatoms. The Morgan fingerprint density at radius 2 is 2.05 bits per heavy atom. The molecule has 22 heavy (non-hydrogen) atoms. The molecule has 0 aliphatic carbocycles. The van der Waals surface area contributed by atoms with E-state index in [1.165, 1.54) is 0 Å². The monoisotopic (exact) mass is 329 g/mol. The first-order valence-corrected chi connectivity index (χ1v) is 11.8. The SMILES string of the molecule is C[C@H](CCC[C@H]1C[C@@H]2[C@@H](O)CCN2O1)O[Si](C)(C)C(C)(C)C. The van der Waals surface area contributed by atoms with Gasteiger partial charge in [-0.1, -0.05) is 20.8 Å². The van der Waals surface area contributed by atoms with Gasteiger partial charge in [0.05, 0.1) is 18.2 Å². The molecule has 2 aliphatic rings. The van der Waals surface area contributed by atoms with Gasteiger partial charge in [-0.15, -0.1) is 0 Å². The molecule has 2 saturated heterocycles. The number of fused-ring (bicyclic) bond motifs is 1. The first-order chi connectivity index (χ1) is 10.1. The molecule has 2 rings (SSSR count). The largest absolute Gasteiger partial charge is 0.414 e. The zero-order valence-electron chi connectivity index (χ0n) is 15.3. The van der Waals surface area contributed by atoms with Crippen molar-refractivity contribution in [2.24, 2.45) is 0 Å². The molecule has 2 aliphatic heterocycles. The van der Waals surface area contributed by atoms with Gasteiger partial charge in [0, 0.05) is 12.6 Å². The van der Waals surface area contributed by atoms with Gasteiger partial charge < -0.3 is 9.53 Å². The fourth-order valence-corrected chi connectivity index (χ4v) is 4.74. The molecular formula is C17H35NO3Si. The van der Waals surface area contributed by atoms with Crippen molar-refractivity contribution in [3.05, 3.63) is 0 Å². The van der Waals surface area contributed by atoms with Gasteiger partial charge in [0.25, 0.3) is 0 Å². The van der Waals surface area contributed by atoms with Crippen LogP contribution in [0.2, 0.25) is 18.1 Å². The van der Waals surface area contributed by atoms with Crippen LogP contribution in [0.25, 0.3) is 0 Å². The third-order valence-electron chi connectivity index (χ3n) is 5.69. The van der Waals surface area contributed by atoms with E-state index in [0.29, 0.717) is 12.2 Å². The summed E-state index contributed by atoms with van der Waals surface area (Å²) in [5.74, 6) is 0. The number of rotatable bonds is 6. The molecule has 0 aromatic carbocycles. The van der Waals surface area contributed by atoms with Crippen molar-refractivity contribution < 1.29 is 14.4 Å². The van der Waals surface area contributed by atoms with Crippen molar-refractivity contribution in [2.45, 2.75) is 102 Å². The number of hydrogen-bond acceptors (Lipinski definition) is 4. The molecule has 2 fully saturated rings. The van der Waals surface area contributed by atoms with E-state index < -0.39 is 8.32 Å². The molecule has 0 saturated carbocycles. The molecule has 0 radical (unpaired) electrons. The molecule has 0 amide bonds. The van der Waals surface area contributed by atoms with Gasteiger partial charge in [0.2, 0.25) is 0 Å². The van der Waals surface area contributed by atoms with E-state index in [1.54, 1.807) is 0 Å². The molecule has 0 unspecified atom stereocenters. The van der Waals surface area contributed by atoms with Gasteiger partial charge in [-0.25, -0.2) is 0 Å². The van der Waals surface area contributed by atoms with Crippen molar-refractivity contribution >= 4 is 8.32 Å². The highest BCUT2D eigenvalue weighted by molar-refractivity contribution is 6.74. The van der Waals surface area contributed by atoms with Crippen LogP contribution >= 0.6 is 0 Å². The summed E-state index contributed by atoms with van der Waals surface area (Å²) in [6.45, 7) is 14.6. The molecule has 0 bridgehead atoms. The summed E-state index contributed by atoms with van der Waals surface area (Å²) in [6.07, 6.45) is 5.58. The van der Waals surface area contributed by atoms with Crippen LogP contribution in [0.3, 0.4) is 0 Å². The highest BCUT2D eigenvalue weighted by Gasteiger charge is 2.42.